The summed E-state index contributed by atoms with van der Waals surface area (Å²) in [4.78, 5) is 27.4. The van der Waals surface area contributed by atoms with E-state index in [1.165, 1.54) is 15.6 Å². The van der Waals surface area contributed by atoms with Gasteiger partial charge in [0.15, 0.2) is 5.69 Å². The molecule has 1 N–H and O–H groups in total. The molecule has 30 heavy (non-hydrogen) atoms. The van der Waals surface area contributed by atoms with Gasteiger partial charge < -0.3 is 10.2 Å². The van der Waals surface area contributed by atoms with Gasteiger partial charge in [-0.15, -0.1) is 11.3 Å². The first-order valence-corrected chi connectivity index (χ1v) is 11.6. The van der Waals surface area contributed by atoms with E-state index < -0.39 is 10.0 Å². The number of carbonyl (C=O) groups is 1. The summed E-state index contributed by atoms with van der Waals surface area (Å²) in [6.07, 6.45) is 3.20. The van der Waals surface area contributed by atoms with E-state index in [0.717, 1.165) is 0 Å². The quantitative estimate of drug-likeness (QED) is 0.641. The minimum Gasteiger partial charge on any atom is -0.353 e. The molecule has 0 spiro atoms. The maximum absolute atomic E-state index is 12.7. The van der Waals surface area contributed by atoms with Crippen molar-refractivity contribution in [3.63, 3.8) is 0 Å². The zero-order valence-corrected chi connectivity index (χ0v) is 17.9. The van der Waals surface area contributed by atoms with Crippen molar-refractivity contribution in [2.75, 3.05) is 36.4 Å². The lowest BCUT2D eigenvalue weighted by molar-refractivity contribution is 0.102. The molecule has 1 aliphatic rings. The first kappa shape index (κ1) is 20.4. The predicted molar refractivity (Wildman–Crippen MR) is 114 cm³/mol. The number of sulfonamides is 1. The average molecular weight is 445 g/mol. The number of hydrogen-bond donors (Lipinski definition) is 1. The van der Waals surface area contributed by atoms with Crippen LogP contribution in [0.4, 0.5) is 11.6 Å². The topological polar surface area (TPSA) is 108 Å². The third kappa shape index (κ3) is 4.18. The smallest absolute Gasteiger partial charge is 0.277 e. The van der Waals surface area contributed by atoms with Crippen LogP contribution >= 0.6 is 11.3 Å². The molecule has 0 aromatic carbocycles. The van der Waals surface area contributed by atoms with Crippen molar-refractivity contribution in [3.05, 3.63) is 59.5 Å². The molecule has 1 saturated heterocycles. The summed E-state index contributed by atoms with van der Waals surface area (Å²) < 4.78 is 27.2. The van der Waals surface area contributed by atoms with Gasteiger partial charge in [-0.3, -0.25) is 9.78 Å². The number of aromatic nitrogens is 3. The number of aryl methyl sites for hydroxylation is 1. The lowest BCUT2D eigenvalue weighted by Gasteiger charge is -2.34. The van der Waals surface area contributed by atoms with Gasteiger partial charge in [0.05, 0.1) is 11.9 Å². The number of nitrogens with zero attached hydrogens (tertiary/aromatic N) is 5. The molecule has 9 nitrogen and oxygen atoms in total. The molecule has 3 aromatic rings. The highest BCUT2D eigenvalue weighted by Crippen LogP contribution is 2.23. The van der Waals surface area contributed by atoms with Crippen LogP contribution in [0.2, 0.25) is 0 Å². The van der Waals surface area contributed by atoms with E-state index in [0.29, 0.717) is 47.7 Å². The monoisotopic (exact) mass is 444 g/mol. The molecular formula is C19H20N6O3S2. The van der Waals surface area contributed by atoms with Gasteiger partial charge in [0.1, 0.15) is 15.8 Å². The van der Waals surface area contributed by atoms with Crippen molar-refractivity contribution >= 4 is 38.9 Å². The first-order chi connectivity index (χ1) is 14.4. The normalized spacial score (nSPS) is 15.2. The third-order valence-corrected chi connectivity index (χ3v) is 7.99. The van der Waals surface area contributed by atoms with Gasteiger partial charge in [0.2, 0.25) is 0 Å². The molecule has 0 radical (unpaired) electrons. The number of pyridine rings is 1. The van der Waals surface area contributed by atoms with Crippen LogP contribution in [0.5, 0.6) is 0 Å². The zero-order chi connectivity index (χ0) is 21.1. The number of piperazine rings is 1. The Bertz CT molecular complexity index is 1130. The number of anilines is 2. The van der Waals surface area contributed by atoms with Gasteiger partial charge in [-0.05, 0) is 30.5 Å². The number of hydrogen-bond acceptors (Lipinski definition) is 8. The Labute approximate surface area is 178 Å². The van der Waals surface area contributed by atoms with Crippen molar-refractivity contribution in [1.29, 1.82) is 0 Å². The molecule has 0 bridgehead atoms. The van der Waals surface area contributed by atoms with Gasteiger partial charge in [-0.2, -0.15) is 4.31 Å². The highest BCUT2D eigenvalue weighted by Gasteiger charge is 2.30. The number of rotatable bonds is 5. The van der Waals surface area contributed by atoms with E-state index in [1.54, 1.807) is 55.0 Å². The molecule has 1 amide bonds. The van der Waals surface area contributed by atoms with Gasteiger partial charge in [-0.1, -0.05) is 12.1 Å². The Kier molecular flexibility index (Phi) is 5.75. The van der Waals surface area contributed by atoms with Crippen LogP contribution in [0, 0.1) is 6.92 Å². The van der Waals surface area contributed by atoms with E-state index in [9.17, 15) is 13.2 Å². The van der Waals surface area contributed by atoms with Crippen LogP contribution in [0.15, 0.2) is 52.3 Å². The summed E-state index contributed by atoms with van der Waals surface area (Å²) in [5.74, 6) is 0.584. The zero-order valence-electron chi connectivity index (χ0n) is 16.2. The molecule has 0 aliphatic carbocycles. The van der Waals surface area contributed by atoms with Crippen molar-refractivity contribution < 1.29 is 13.2 Å². The average Bonchev–Trinajstić information content (AvgIpc) is 3.31. The molecule has 4 heterocycles. The standard InChI is InChI=1S/C19H20N6O3S2/c1-14-18(19(26)22-15-5-2-3-7-20-15)23-16(13-21-14)24-8-10-25(11-9-24)30(27,28)17-6-4-12-29-17/h2-7,12-13H,8-11H2,1H3,(H,20,22,26). The van der Waals surface area contributed by atoms with Crippen molar-refractivity contribution in [2.45, 2.75) is 11.1 Å². The first-order valence-electron chi connectivity index (χ1n) is 9.30. The maximum atomic E-state index is 12.7. The molecular weight excluding hydrogens is 424 g/mol. The van der Waals surface area contributed by atoms with E-state index in [1.807, 2.05) is 4.90 Å². The second-order valence-electron chi connectivity index (χ2n) is 6.65. The summed E-state index contributed by atoms with van der Waals surface area (Å²) in [5, 5.41) is 4.47. The van der Waals surface area contributed by atoms with E-state index in [2.05, 4.69) is 20.3 Å². The third-order valence-electron chi connectivity index (χ3n) is 4.72. The van der Waals surface area contributed by atoms with Gasteiger partial charge >= 0.3 is 0 Å². The minimum absolute atomic E-state index is 0.215. The lowest BCUT2D eigenvalue weighted by Crippen LogP contribution is -2.48. The Morgan fingerprint density at radius 2 is 1.90 bits per heavy atom. The molecule has 3 aromatic heterocycles. The van der Waals surface area contributed by atoms with Crippen molar-refractivity contribution in [3.8, 4) is 0 Å². The number of nitrogens with one attached hydrogen (secondary N) is 1. The van der Waals surface area contributed by atoms with Crippen molar-refractivity contribution in [2.24, 2.45) is 0 Å². The summed E-state index contributed by atoms with van der Waals surface area (Å²) >= 11 is 1.21. The molecule has 1 fully saturated rings. The fourth-order valence-corrected chi connectivity index (χ4v) is 5.68. The maximum Gasteiger partial charge on any atom is 0.277 e. The number of carbonyl (C=O) groups excluding carboxylic acids is 1. The second-order valence-corrected chi connectivity index (χ2v) is 9.77. The Morgan fingerprint density at radius 3 is 2.57 bits per heavy atom. The fourth-order valence-electron chi connectivity index (χ4n) is 3.11. The molecule has 156 valence electrons. The predicted octanol–water partition coefficient (Wildman–Crippen LogP) is 2.00. The Hall–Kier alpha value is -2.89. The molecule has 0 unspecified atom stereocenters. The van der Waals surface area contributed by atoms with Crippen LogP contribution in [-0.4, -0.2) is 59.8 Å². The minimum atomic E-state index is -3.47. The molecule has 0 atom stereocenters. The molecule has 4 rings (SSSR count). The van der Waals surface area contributed by atoms with Crippen LogP contribution in [0.3, 0.4) is 0 Å². The van der Waals surface area contributed by atoms with Crippen LogP contribution in [0.1, 0.15) is 16.2 Å². The number of amides is 1. The van der Waals surface area contributed by atoms with E-state index >= 15 is 0 Å². The van der Waals surface area contributed by atoms with Crippen molar-refractivity contribution in [1.82, 2.24) is 19.3 Å². The summed E-state index contributed by atoms with van der Waals surface area (Å²) in [7, 11) is -3.47. The lowest BCUT2D eigenvalue weighted by atomic mass is 10.3. The van der Waals surface area contributed by atoms with Gasteiger partial charge in [0, 0.05) is 32.4 Å². The van der Waals surface area contributed by atoms with Gasteiger partial charge in [-0.25, -0.2) is 18.4 Å². The summed E-state index contributed by atoms with van der Waals surface area (Å²) in [5.41, 5.74) is 0.720. The molecule has 0 saturated carbocycles. The van der Waals surface area contributed by atoms with E-state index in [4.69, 9.17) is 0 Å². The highest BCUT2D eigenvalue weighted by atomic mass is 32.2. The Balaban J connectivity index is 1.47. The fraction of sp³-hybridized carbons (Fsp3) is 0.263. The summed E-state index contributed by atoms with van der Waals surface area (Å²) in [6, 6.07) is 8.58. The Morgan fingerprint density at radius 1 is 1.10 bits per heavy atom. The summed E-state index contributed by atoms with van der Waals surface area (Å²) in [6.45, 7) is 3.32. The van der Waals surface area contributed by atoms with Gasteiger partial charge in [0.25, 0.3) is 15.9 Å². The SMILES string of the molecule is Cc1ncc(N2CCN(S(=O)(=O)c3cccs3)CC2)nc1C(=O)Nc1ccccn1. The van der Waals surface area contributed by atoms with E-state index in [-0.39, 0.29) is 11.6 Å². The van der Waals surface area contributed by atoms with Crippen LogP contribution < -0.4 is 10.2 Å². The van der Waals surface area contributed by atoms with Crippen LogP contribution in [0.25, 0.3) is 0 Å². The molecule has 1 aliphatic heterocycles. The second kappa shape index (κ2) is 8.46. The number of thiophene rings is 1. The van der Waals surface area contributed by atoms with Crippen LogP contribution in [-0.2, 0) is 10.0 Å². The largest absolute Gasteiger partial charge is 0.353 e. The highest BCUT2D eigenvalue weighted by molar-refractivity contribution is 7.91. The molecule has 11 heteroatoms.